The van der Waals surface area contributed by atoms with E-state index in [4.69, 9.17) is 4.74 Å². The highest BCUT2D eigenvalue weighted by Crippen LogP contribution is 2.18. The van der Waals surface area contributed by atoms with Crippen LogP contribution >= 0.6 is 0 Å². The fourth-order valence-corrected chi connectivity index (χ4v) is 1.08. The van der Waals surface area contributed by atoms with Gasteiger partial charge in [-0.3, -0.25) is 0 Å². The standard InChI is InChI=1S/C11H15F2NO/c1-8(14-2)5-6-15-11-7-9(12)3-4-10(11)13/h3-4,7-8,14H,5-6H2,1-2H3. The molecule has 0 saturated heterocycles. The van der Waals surface area contributed by atoms with Gasteiger partial charge in [-0.15, -0.1) is 0 Å². The first kappa shape index (κ1) is 11.9. The minimum atomic E-state index is -0.534. The maximum Gasteiger partial charge on any atom is 0.165 e. The van der Waals surface area contributed by atoms with E-state index < -0.39 is 11.6 Å². The number of halogens is 2. The van der Waals surface area contributed by atoms with Crippen LogP contribution in [-0.2, 0) is 0 Å². The molecule has 2 nitrogen and oxygen atoms in total. The first-order valence-electron chi connectivity index (χ1n) is 4.88. The first-order valence-corrected chi connectivity index (χ1v) is 4.88. The third kappa shape index (κ3) is 3.83. The zero-order valence-corrected chi connectivity index (χ0v) is 8.89. The first-order chi connectivity index (χ1) is 7.13. The van der Waals surface area contributed by atoms with Crippen molar-refractivity contribution in [2.24, 2.45) is 0 Å². The maximum absolute atomic E-state index is 13.1. The average molecular weight is 215 g/mol. The zero-order chi connectivity index (χ0) is 11.3. The lowest BCUT2D eigenvalue weighted by molar-refractivity contribution is 0.279. The molecule has 15 heavy (non-hydrogen) atoms. The molecule has 0 aliphatic heterocycles. The van der Waals surface area contributed by atoms with E-state index >= 15 is 0 Å². The molecule has 0 aliphatic carbocycles. The lowest BCUT2D eigenvalue weighted by atomic mass is 10.2. The highest BCUT2D eigenvalue weighted by molar-refractivity contribution is 5.24. The van der Waals surface area contributed by atoms with Crippen LogP contribution in [0.2, 0.25) is 0 Å². The quantitative estimate of drug-likeness (QED) is 0.814. The molecule has 0 spiro atoms. The molecule has 1 rings (SSSR count). The van der Waals surface area contributed by atoms with E-state index in [0.29, 0.717) is 12.6 Å². The van der Waals surface area contributed by atoms with Crippen molar-refractivity contribution in [3.05, 3.63) is 29.8 Å². The highest BCUT2D eigenvalue weighted by atomic mass is 19.1. The molecule has 1 atom stereocenters. The summed E-state index contributed by atoms with van der Waals surface area (Å²) in [6, 6.07) is 3.48. The Bertz CT molecular complexity index is 317. The normalized spacial score (nSPS) is 12.5. The van der Waals surface area contributed by atoms with Crippen LogP contribution < -0.4 is 10.1 Å². The van der Waals surface area contributed by atoms with Crippen LogP contribution in [0, 0.1) is 11.6 Å². The molecule has 84 valence electrons. The van der Waals surface area contributed by atoms with Crippen molar-refractivity contribution in [2.45, 2.75) is 19.4 Å². The Kier molecular flexibility index (Phi) is 4.49. The van der Waals surface area contributed by atoms with Gasteiger partial charge in [0.05, 0.1) is 6.61 Å². The molecule has 0 bridgehead atoms. The van der Waals surface area contributed by atoms with Gasteiger partial charge in [0.2, 0.25) is 0 Å². The molecule has 0 fully saturated rings. The maximum atomic E-state index is 13.1. The topological polar surface area (TPSA) is 21.3 Å². The third-order valence-electron chi connectivity index (χ3n) is 2.19. The largest absolute Gasteiger partial charge is 0.490 e. The second-order valence-corrected chi connectivity index (χ2v) is 3.40. The smallest absolute Gasteiger partial charge is 0.165 e. The van der Waals surface area contributed by atoms with Crippen molar-refractivity contribution in [1.82, 2.24) is 5.32 Å². The summed E-state index contributed by atoms with van der Waals surface area (Å²) in [6.07, 6.45) is 0.743. The van der Waals surface area contributed by atoms with E-state index in [1.54, 1.807) is 0 Å². The number of ether oxygens (including phenoxy) is 1. The molecule has 1 aromatic rings. The summed E-state index contributed by atoms with van der Waals surface area (Å²) in [5, 5.41) is 3.03. The number of rotatable bonds is 5. The Hall–Kier alpha value is -1.16. The molecule has 0 aliphatic rings. The van der Waals surface area contributed by atoms with Crippen LogP contribution in [0.3, 0.4) is 0 Å². The Morgan fingerprint density at radius 3 is 2.80 bits per heavy atom. The van der Waals surface area contributed by atoms with Gasteiger partial charge in [0, 0.05) is 12.1 Å². The van der Waals surface area contributed by atoms with Gasteiger partial charge in [-0.25, -0.2) is 8.78 Å². The molecule has 0 aromatic heterocycles. The fraction of sp³-hybridized carbons (Fsp3) is 0.455. The number of hydrogen-bond donors (Lipinski definition) is 1. The molecule has 4 heteroatoms. The van der Waals surface area contributed by atoms with Gasteiger partial charge in [0.15, 0.2) is 11.6 Å². The van der Waals surface area contributed by atoms with Gasteiger partial charge in [-0.1, -0.05) is 0 Å². The molecular weight excluding hydrogens is 200 g/mol. The van der Waals surface area contributed by atoms with Crippen molar-refractivity contribution in [2.75, 3.05) is 13.7 Å². The van der Waals surface area contributed by atoms with Crippen molar-refractivity contribution in [3.63, 3.8) is 0 Å². The number of hydrogen-bond acceptors (Lipinski definition) is 2. The van der Waals surface area contributed by atoms with Gasteiger partial charge >= 0.3 is 0 Å². The van der Waals surface area contributed by atoms with Gasteiger partial charge in [-0.05, 0) is 32.5 Å². The molecule has 0 saturated carbocycles. The third-order valence-corrected chi connectivity index (χ3v) is 2.19. The zero-order valence-electron chi connectivity index (χ0n) is 8.89. The summed E-state index contributed by atoms with van der Waals surface area (Å²) in [6.45, 7) is 2.35. The van der Waals surface area contributed by atoms with E-state index in [-0.39, 0.29) is 5.75 Å². The average Bonchev–Trinajstić information content (AvgIpc) is 2.23. The van der Waals surface area contributed by atoms with Gasteiger partial charge in [-0.2, -0.15) is 0 Å². The second kappa shape index (κ2) is 5.66. The predicted molar refractivity (Wildman–Crippen MR) is 55.0 cm³/mol. The Balaban J connectivity index is 2.46. The van der Waals surface area contributed by atoms with Crippen molar-refractivity contribution in [1.29, 1.82) is 0 Å². The van der Waals surface area contributed by atoms with E-state index in [2.05, 4.69) is 5.32 Å². The van der Waals surface area contributed by atoms with E-state index in [1.165, 1.54) is 0 Å². The highest BCUT2D eigenvalue weighted by Gasteiger charge is 2.05. The minimum Gasteiger partial charge on any atom is -0.490 e. The summed E-state index contributed by atoms with van der Waals surface area (Å²) in [5.74, 6) is -1.06. The Labute approximate surface area is 88.3 Å². The van der Waals surface area contributed by atoms with Crippen LogP contribution in [0.4, 0.5) is 8.78 Å². The molecule has 1 aromatic carbocycles. The van der Waals surface area contributed by atoms with Crippen LogP contribution in [0.1, 0.15) is 13.3 Å². The lowest BCUT2D eigenvalue weighted by Gasteiger charge is -2.11. The molecule has 0 amide bonds. The van der Waals surface area contributed by atoms with Gasteiger partial charge < -0.3 is 10.1 Å². The monoisotopic (exact) mass is 215 g/mol. The fourth-order valence-electron chi connectivity index (χ4n) is 1.08. The molecular formula is C11H15F2NO. The van der Waals surface area contributed by atoms with E-state index in [1.807, 2.05) is 14.0 Å². The van der Waals surface area contributed by atoms with Crippen molar-refractivity contribution >= 4 is 0 Å². The van der Waals surface area contributed by atoms with Crippen LogP contribution in [0.5, 0.6) is 5.75 Å². The van der Waals surface area contributed by atoms with Crippen molar-refractivity contribution < 1.29 is 13.5 Å². The number of nitrogens with one attached hydrogen (secondary N) is 1. The Morgan fingerprint density at radius 2 is 2.13 bits per heavy atom. The van der Waals surface area contributed by atoms with Crippen molar-refractivity contribution in [3.8, 4) is 5.75 Å². The summed E-state index contributed by atoms with van der Waals surface area (Å²) in [7, 11) is 1.84. The summed E-state index contributed by atoms with van der Waals surface area (Å²) in [4.78, 5) is 0. The van der Waals surface area contributed by atoms with Gasteiger partial charge in [0.25, 0.3) is 0 Å². The summed E-state index contributed by atoms with van der Waals surface area (Å²) < 4.78 is 30.9. The second-order valence-electron chi connectivity index (χ2n) is 3.40. The summed E-state index contributed by atoms with van der Waals surface area (Å²) in [5.41, 5.74) is 0. The molecule has 1 unspecified atom stereocenters. The van der Waals surface area contributed by atoms with E-state index in [0.717, 1.165) is 24.6 Å². The van der Waals surface area contributed by atoms with Crippen LogP contribution in [0.25, 0.3) is 0 Å². The minimum absolute atomic E-state index is 0.0293. The van der Waals surface area contributed by atoms with Crippen LogP contribution in [0.15, 0.2) is 18.2 Å². The molecule has 1 N–H and O–H groups in total. The SMILES string of the molecule is CNC(C)CCOc1cc(F)ccc1F. The molecule has 0 radical (unpaired) electrons. The van der Waals surface area contributed by atoms with Crippen LogP contribution in [-0.4, -0.2) is 19.7 Å². The van der Waals surface area contributed by atoms with E-state index in [9.17, 15) is 8.78 Å². The number of benzene rings is 1. The summed E-state index contributed by atoms with van der Waals surface area (Å²) >= 11 is 0. The Morgan fingerprint density at radius 1 is 1.40 bits per heavy atom. The molecule has 0 heterocycles. The predicted octanol–water partition coefficient (Wildman–Crippen LogP) is 2.34. The van der Waals surface area contributed by atoms with Gasteiger partial charge in [0.1, 0.15) is 5.82 Å². The lowest BCUT2D eigenvalue weighted by Crippen LogP contribution is -2.23.